The minimum Gasteiger partial charge on any atom is -0.488 e. The lowest BCUT2D eigenvalue weighted by Gasteiger charge is -2.32. The highest BCUT2D eigenvalue weighted by atomic mass is 16.5. The van der Waals surface area contributed by atoms with E-state index in [9.17, 15) is 4.79 Å². The lowest BCUT2D eigenvalue weighted by molar-refractivity contribution is 0.0600. The van der Waals surface area contributed by atoms with Crippen LogP contribution in [0.15, 0.2) is 18.2 Å². The Bertz CT molecular complexity index is 487. The second-order valence-corrected chi connectivity index (χ2v) is 5.75. The van der Waals surface area contributed by atoms with Gasteiger partial charge in [0.05, 0.1) is 24.5 Å². The van der Waals surface area contributed by atoms with E-state index in [2.05, 4.69) is 18.6 Å². The van der Waals surface area contributed by atoms with Gasteiger partial charge >= 0.3 is 5.97 Å². The number of anilines is 1. The Morgan fingerprint density at radius 1 is 1.25 bits per heavy atom. The summed E-state index contributed by atoms with van der Waals surface area (Å²) in [5.74, 6) is 1.70. The maximum atomic E-state index is 11.4. The molecule has 0 bridgehead atoms. The molecule has 110 valence electrons. The van der Waals surface area contributed by atoms with Crippen LogP contribution in [0.3, 0.4) is 0 Å². The molecule has 4 nitrogen and oxygen atoms in total. The van der Waals surface area contributed by atoms with Crippen molar-refractivity contribution in [3.63, 3.8) is 0 Å². The average Bonchev–Trinajstić information content (AvgIpc) is 2.44. The second-order valence-electron chi connectivity index (χ2n) is 5.75. The van der Waals surface area contributed by atoms with Gasteiger partial charge in [-0.1, -0.05) is 13.8 Å². The number of nitrogen functional groups attached to an aromatic ring is 1. The molecule has 20 heavy (non-hydrogen) atoms. The van der Waals surface area contributed by atoms with Gasteiger partial charge in [0.2, 0.25) is 0 Å². The summed E-state index contributed by atoms with van der Waals surface area (Å²) in [6.07, 6.45) is 3.52. The van der Waals surface area contributed by atoms with E-state index in [1.54, 1.807) is 18.2 Å². The van der Waals surface area contributed by atoms with Crippen LogP contribution in [-0.4, -0.2) is 19.2 Å². The lowest BCUT2D eigenvalue weighted by Crippen LogP contribution is -2.29. The van der Waals surface area contributed by atoms with Crippen LogP contribution >= 0.6 is 0 Å². The summed E-state index contributed by atoms with van der Waals surface area (Å²) in [7, 11) is 1.35. The molecule has 0 radical (unpaired) electrons. The highest BCUT2D eigenvalue weighted by Gasteiger charge is 2.26. The molecule has 1 fully saturated rings. The molecule has 1 saturated carbocycles. The highest BCUT2D eigenvalue weighted by molar-refractivity contribution is 5.90. The predicted octanol–water partition coefficient (Wildman–Crippen LogP) is 3.26. The van der Waals surface area contributed by atoms with Gasteiger partial charge in [-0.2, -0.15) is 0 Å². The zero-order valence-electron chi connectivity index (χ0n) is 12.4. The molecule has 2 N–H and O–H groups in total. The first-order valence-electron chi connectivity index (χ1n) is 7.15. The van der Waals surface area contributed by atoms with Crippen molar-refractivity contribution >= 4 is 11.7 Å². The number of nitrogens with two attached hydrogens (primary N) is 1. The van der Waals surface area contributed by atoms with Gasteiger partial charge < -0.3 is 15.2 Å². The predicted molar refractivity (Wildman–Crippen MR) is 78.8 cm³/mol. The third-order valence-corrected chi connectivity index (χ3v) is 4.27. The quantitative estimate of drug-likeness (QED) is 0.680. The summed E-state index contributed by atoms with van der Waals surface area (Å²) in [6, 6.07) is 5.05. The van der Waals surface area contributed by atoms with E-state index in [4.69, 9.17) is 10.5 Å². The fourth-order valence-electron chi connectivity index (χ4n) is 2.69. The van der Waals surface area contributed by atoms with Crippen LogP contribution in [-0.2, 0) is 4.74 Å². The lowest BCUT2D eigenvalue weighted by atomic mass is 9.80. The van der Waals surface area contributed by atoms with E-state index in [-0.39, 0.29) is 12.1 Å². The third-order valence-electron chi connectivity index (χ3n) is 4.27. The van der Waals surface area contributed by atoms with Crippen LogP contribution in [0.2, 0.25) is 0 Å². The fourth-order valence-corrected chi connectivity index (χ4v) is 2.69. The van der Waals surface area contributed by atoms with Gasteiger partial charge in [0.15, 0.2) is 0 Å². The Morgan fingerprint density at radius 3 is 2.60 bits per heavy atom. The van der Waals surface area contributed by atoms with Crippen LogP contribution in [0.25, 0.3) is 0 Å². The Labute approximate surface area is 120 Å². The average molecular weight is 277 g/mol. The standard InChI is InChI=1S/C16H23NO3/c1-10-4-6-13(8-11(10)2)20-15-7-5-12(9-14(15)17)16(18)19-3/h5,7,9-11,13H,4,6,8,17H2,1-3H3. The normalized spacial score (nSPS) is 26.1. The van der Waals surface area contributed by atoms with Gasteiger partial charge in [-0.25, -0.2) is 4.79 Å². The van der Waals surface area contributed by atoms with Crippen LogP contribution < -0.4 is 10.5 Å². The van der Waals surface area contributed by atoms with E-state index in [0.717, 1.165) is 18.8 Å². The van der Waals surface area contributed by atoms with E-state index in [1.165, 1.54) is 13.5 Å². The number of rotatable bonds is 3. The Kier molecular flexibility index (Phi) is 4.53. The molecule has 0 heterocycles. The molecular weight excluding hydrogens is 254 g/mol. The number of hydrogen-bond donors (Lipinski definition) is 1. The van der Waals surface area contributed by atoms with Crippen molar-refractivity contribution in [3.05, 3.63) is 23.8 Å². The van der Waals surface area contributed by atoms with Gasteiger partial charge in [0, 0.05) is 0 Å². The first kappa shape index (κ1) is 14.7. The van der Waals surface area contributed by atoms with Crippen molar-refractivity contribution in [2.75, 3.05) is 12.8 Å². The van der Waals surface area contributed by atoms with Gasteiger partial charge in [-0.3, -0.25) is 0 Å². The number of ether oxygens (including phenoxy) is 2. The smallest absolute Gasteiger partial charge is 0.337 e. The maximum absolute atomic E-state index is 11.4. The number of esters is 1. The van der Waals surface area contributed by atoms with Crippen molar-refractivity contribution in [1.82, 2.24) is 0 Å². The van der Waals surface area contributed by atoms with Crippen molar-refractivity contribution in [2.45, 2.75) is 39.2 Å². The SMILES string of the molecule is COC(=O)c1ccc(OC2CCC(C)C(C)C2)c(N)c1. The summed E-state index contributed by atoms with van der Waals surface area (Å²) >= 11 is 0. The zero-order chi connectivity index (χ0) is 14.7. The second kappa shape index (κ2) is 6.16. The Hall–Kier alpha value is -1.71. The first-order chi connectivity index (χ1) is 9.51. The maximum Gasteiger partial charge on any atom is 0.337 e. The van der Waals surface area contributed by atoms with Crippen LogP contribution in [0, 0.1) is 11.8 Å². The van der Waals surface area contributed by atoms with Crippen molar-refractivity contribution in [3.8, 4) is 5.75 Å². The Balaban J connectivity index is 2.05. The van der Waals surface area contributed by atoms with Crippen molar-refractivity contribution in [1.29, 1.82) is 0 Å². The van der Waals surface area contributed by atoms with Gasteiger partial charge in [-0.05, 0) is 49.3 Å². The summed E-state index contributed by atoms with van der Waals surface area (Å²) < 4.78 is 10.7. The third kappa shape index (κ3) is 3.24. The van der Waals surface area contributed by atoms with Crippen LogP contribution in [0.1, 0.15) is 43.5 Å². The highest BCUT2D eigenvalue weighted by Crippen LogP contribution is 2.33. The van der Waals surface area contributed by atoms with E-state index < -0.39 is 0 Å². The molecule has 1 aromatic rings. The molecule has 1 aliphatic carbocycles. The number of carbonyl (C=O) groups is 1. The molecule has 2 rings (SSSR count). The Morgan fingerprint density at radius 2 is 2.00 bits per heavy atom. The summed E-state index contributed by atoms with van der Waals surface area (Å²) in [6.45, 7) is 4.56. The number of hydrogen-bond acceptors (Lipinski definition) is 4. The topological polar surface area (TPSA) is 61.5 Å². The molecule has 0 spiro atoms. The number of methoxy groups -OCH3 is 1. The summed E-state index contributed by atoms with van der Waals surface area (Å²) in [4.78, 5) is 11.4. The number of carbonyl (C=O) groups excluding carboxylic acids is 1. The molecule has 4 heteroatoms. The molecule has 0 saturated heterocycles. The number of benzene rings is 1. The molecule has 0 amide bonds. The molecule has 0 aliphatic heterocycles. The van der Waals surface area contributed by atoms with Gasteiger partial charge in [0.1, 0.15) is 5.75 Å². The minimum atomic E-state index is -0.386. The van der Waals surface area contributed by atoms with Crippen molar-refractivity contribution in [2.24, 2.45) is 11.8 Å². The van der Waals surface area contributed by atoms with Crippen molar-refractivity contribution < 1.29 is 14.3 Å². The van der Waals surface area contributed by atoms with Gasteiger partial charge in [-0.15, -0.1) is 0 Å². The molecule has 3 atom stereocenters. The summed E-state index contributed by atoms with van der Waals surface area (Å²) in [5.41, 5.74) is 6.89. The molecular formula is C16H23NO3. The van der Waals surface area contributed by atoms with Crippen LogP contribution in [0.5, 0.6) is 5.75 Å². The van der Waals surface area contributed by atoms with E-state index >= 15 is 0 Å². The minimum absolute atomic E-state index is 0.215. The molecule has 0 aromatic heterocycles. The molecule has 1 aromatic carbocycles. The largest absolute Gasteiger partial charge is 0.488 e. The van der Waals surface area contributed by atoms with E-state index in [1.807, 2.05) is 0 Å². The summed E-state index contributed by atoms with van der Waals surface area (Å²) in [5, 5.41) is 0. The van der Waals surface area contributed by atoms with Crippen LogP contribution in [0.4, 0.5) is 5.69 Å². The first-order valence-corrected chi connectivity index (χ1v) is 7.15. The van der Waals surface area contributed by atoms with Gasteiger partial charge in [0.25, 0.3) is 0 Å². The zero-order valence-corrected chi connectivity index (χ0v) is 12.4. The monoisotopic (exact) mass is 277 g/mol. The molecule has 3 unspecified atom stereocenters. The fraction of sp³-hybridized carbons (Fsp3) is 0.562. The van der Waals surface area contributed by atoms with E-state index in [0.29, 0.717) is 22.9 Å². The molecule has 1 aliphatic rings.